The molecule has 3 aromatic carbocycles. The fraction of sp³-hybridized carbons (Fsp3) is 0.172. The van der Waals surface area contributed by atoms with Crippen molar-refractivity contribution in [1.29, 1.82) is 0 Å². The summed E-state index contributed by atoms with van der Waals surface area (Å²) in [5.74, 6) is -2.64. The number of ether oxygens (including phenoxy) is 1. The highest BCUT2D eigenvalue weighted by Gasteiger charge is 2.56. The quantitative estimate of drug-likeness (QED) is 0.323. The van der Waals surface area contributed by atoms with Crippen LogP contribution in [0.3, 0.4) is 0 Å². The number of halogens is 1. The number of nitrogens with zero attached hydrogens (tertiary/aromatic N) is 1. The summed E-state index contributed by atoms with van der Waals surface area (Å²) in [7, 11) is 0. The van der Waals surface area contributed by atoms with Gasteiger partial charge in [0.05, 0.1) is 16.6 Å². The lowest BCUT2D eigenvalue weighted by Gasteiger charge is -2.30. The number of amides is 3. The number of aromatic nitrogens is 1. The fourth-order valence-electron chi connectivity index (χ4n) is 5.00. The van der Waals surface area contributed by atoms with E-state index >= 15 is 0 Å². The minimum absolute atomic E-state index is 0.234. The van der Waals surface area contributed by atoms with E-state index in [9.17, 15) is 23.6 Å². The SMILES string of the molecule is Cc1ccc(NC(=O)COc2cccc([C@H]3c4sc(=O)[nH]c4SC4C(=O)N(c5ccc(F)cc5)C(=O)C43)c2)cc1. The molecule has 4 aromatic rings. The largest absolute Gasteiger partial charge is 0.484 e. The first-order chi connectivity index (χ1) is 19.3. The Kier molecular flexibility index (Phi) is 6.77. The number of nitrogens with one attached hydrogen (secondary N) is 2. The van der Waals surface area contributed by atoms with Crippen molar-refractivity contribution in [2.24, 2.45) is 5.92 Å². The average Bonchev–Trinajstić information content (AvgIpc) is 3.43. The molecule has 202 valence electrons. The molecule has 1 fully saturated rings. The molecule has 2 N–H and O–H groups in total. The van der Waals surface area contributed by atoms with E-state index in [0.717, 1.165) is 33.6 Å². The van der Waals surface area contributed by atoms with Crippen molar-refractivity contribution in [3.8, 4) is 5.75 Å². The lowest BCUT2D eigenvalue weighted by molar-refractivity contribution is -0.122. The molecule has 0 bridgehead atoms. The number of aryl methyl sites for hydroxylation is 1. The zero-order valence-electron chi connectivity index (χ0n) is 21.1. The van der Waals surface area contributed by atoms with E-state index in [0.29, 0.717) is 32.6 Å². The molecule has 2 unspecified atom stereocenters. The molecule has 3 heterocycles. The Morgan fingerprint density at radius 3 is 2.52 bits per heavy atom. The van der Waals surface area contributed by atoms with Crippen LogP contribution >= 0.6 is 23.1 Å². The molecule has 0 spiro atoms. The van der Waals surface area contributed by atoms with Gasteiger partial charge in [-0.05, 0) is 61.0 Å². The Morgan fingerprint density at radius 1 is 1.02 bits per heavy atom. The second-order valence-corrected chi connectivity index (χ2v) is 11.7. The number of aromatic amines is 1. The first-order valence-electron chi connectivity index (χ1n) is 12.4. The molecule has 3 atom stereocenters. The Balaban J connectivity index is 1.28. The van der Waals surface area contributed by atoms with Crippen LogP contribution in [-0.2, 0) is 14.4 Å². The van der Waals surface area contributed by atoms with E-state index in [1.165, 1.54) is 24.3 Å². The minimum atomic E-state index is -0.790. The Hall–Kier alpha value is -4.22. The molecule has 8 nitrogen and oxygen atoms in total. The highest BCUT2D eigenvalue weighted by atomic mass is 32.2. The molecule has 0 saturated carbocycles. The fourth-order valence-corrected chi connectivity index (χ4v) is 7.52. The summed E-state index contributed by atoms with van der Waals surface area (Å²) < 4.78 is 19.3. The van der Waals surface area contributed by atoms with Gasteiger partial charge in [-0.15, -0.1) is 0 Å². The van der Waals surface area contributed by atoms with Crippen molar-refractivity contribution in [1.82, 2.24) is 4.98 Å². The van der Waals surface area contributed by atoms with E-state index in [4.69, 9.17) is 4.74 Å². The number of H-pyrrole nitrogens is 1. The van der Waals surface area contributed by atoms with Crippen molar-refractivity contribution in [2.75, 3.05) is 16.8 Å². The maximum Gasteiger partial charge on any atom is 0.305 e. The molecule has 3 amide bonds. The molecule has 1 aromatic heterocycles. The second kappa shape index (κ2) is 10.4. The van der Waals surface area contributed by atoms with Crippen LogP contribution in [-0.4, -0.2) is 34.6 Å². The van der Waals surface area contributed by atoms with Gasteiger partial charge in [0.2, 0.25) is 11.8 Å². The number of anilines is 2. The van der Waals surface area contributed by atoms with Gasteiger partial charge in [-0.2, -0.15) is 0 Å². The normalized spacial score (nSPS) is 19.8. The molecule has 40 heavy (non-hydrogen) atoms. The van der Waals surface area contributed by atoms with E-state index in [1.54, 1.807) is 30.3 Å². The van der Waals surface area contributed by atoms with Gasteiger partial charge in [0.15, 0.2) is 6.61 Å². The number of hydrogen-bond acceptors (Lipinski definition) is 7. The first kappa shape index (κ1) is 26.0. The Bertz CT molecular complexity index is 1680. The molecule has 2 aliphatic rings. The third kappa shape index (κ3) is 4.82. The van der Waals surface area contributed by atoms with Crippen molar-refractivity contribution in [3.63, 3.8) is 0 Å². The van der Waals surface area contributed by atoms with Crippen molar-refractivity contribution >= 4 is 52.2 Å². The van der Waals surface area contributed by atoms with Crippen LogP contribution in [0.5, 0.6) is 5.75 Å². The Labute approximate surface area is 236 Å². The highest BCUT2D eigenvalue weighted by molar-refractivity contribution is 8.00. The molecule has 0 aliphatic carbocycles. The van der Waals surface area contributed by atoms with Crippen LogP contribution in [0.15, 0.2) is 82.6 Å². The molecule has 1 saturated heterocycles. The van der Waals surface area contributed by atoms with Crippen LogP contribution < -0.4 is 19.8 Å². The average molecular weight is 576 g/mol. The number of thiazole rings is 1. The standard InChI is InChI=1S/C29H22FN3O5S2/c1-15-5-9-18(10-6-15)31-21(34)14-38-20-4-2-3-16(13-20)22-23-25(39-26-24(22)40-29(37)32-26)28(36)33(27(23)35)19-11-7-17(30)8-12-19/h2-13,22-23,25H,14H2,1H3,(H,31,34)(H,32,37)/t22-,23?,25?/m1/s1. The van der Waals surface area contributed by atoms with Crippen LogP contribution in [0.2, 0.25) is 0 Å². The summed E-state index contributed by atoms with van der Waals surface area (Å²) in [6.07, 6.45) is 0. The predicted molar refractivity (Wildman–Crippen MR) is 151 cm³/mol. The summed E-state index contributed by atoms with van der Waals surface area (Å²) in [5, 5.41) is 2.56. The summed E-state index contributed by atoms with van der Waals surface area (Å²) in [6, 6.07) is 19.6. The van der Waals surface area contributed by atoms with Gasteiger partial charge >= 0.3 is 4.87 Å². The van der Waals surface area contributed by atoms with Crippen LogP contribution in [0.4, 0.5) is 15.8 Å². The topological polar surface area (TPSA) is 109 Å². The molecule has 6 rings (SSSR count). The number of rotatable bonds is 6. The molecule has 11 heteroatoms. The smallest absolute Gasteiger partial charge is 0.305 e. The summed E-state index contributed by atoms with van der Waals surface area (Å²) in [4.78, 5) is 56.3. The minimum Gasteiger partial charge on any atom is -0.484 e. The van der Waals surface area contributed by atoms with Crippen molar-refractivity contribution in [2.45, 2.75) is 23.1 Å². The van der Waals surface area contributed by atoms with Gasteiger partial charge in [-0.1, -0.05) is 52.9 Å². The third-order valence-corrected chi connectivity index (χ3v) is 9.23. The monoisotopic (exact) mass is 575 g/mol. The molecule has 0 radical (unpaired) electrons. The number of hydrogen-bond donors (Lipinski definition) is 2. The predicted octanol–water partition coefficient (Wildman–Crippen LogP) is 4.70. The van der Waals surface area contributed by atoms with Crippen LogP contribution in [0, 0.1) is 18.7 Å². The van der Waals surface area contributed by atoms with Gasteiger partial charge < -0.3 is 15.0 Å². The van der Waals surface area contributed by atoms with Gasteiger partial charge in [-0.3, -0.25) is 19.2 Å². The van der Waals surface area contributed by atoms with E-state index < -0.39 is 34.7 Å². The van der Waals surface area contributed by atoms with Gasteiger partial charge in [-0.25, -0.2) is 9.29 Å². The lowest BCUT2D eigenvalue weighted by atomic mass is 9.83. The zero-order valence-corrected chi connectivity index (χ0v) is 22.7. The molecular formula is C29H22FN3O5S2. The van der Waals surface area contributed by atoms with Crippen molar-refractivity contribution in [3.05, 3.63) is 104 Å². The number of imide groups is 1. The lowest BCUT2D eigenvalue weighted by Crippen LogP contribution is -2.32. The summed E-state index contributed by atoms with van der Waals surface area (Å²) in [5.41, 5.74) is 2.70. The maximum absolute atomic E-state index is 13.8. The number of fused-ring (bicyclic) bond motifs is 2. The number of carbonyl (C=O) groups is 3. The molecular weight excluding hydrogens is 553 g/mol. The van der Waals surface area contributed by atoms with E-state index in [2.05, 4.69) is 10.3 Å². The van der Waals surface area contributed by atoms with Crippen LogP contribution in [0.25, 0.3) is 0 Å². The van der Waals surface area contributed by atoms with Gasteiger partial charge in [0.1, 0.15) is 16.8 Å². The van der Waals surface area contributed by atoms with E-state index in [1.807, 2.05) is 25.1 Å². The number of thioether (sulfide) groups is 1. The third-order valence-electron chi connectivity index (χ3n) is 6.83. The van der Waals surface area contributed by atoms with E-state index in [-0.39, 0.29) is 17.4 Å². The number of benzene rings is 3. The van der Waals surface area contributed by atoms with Gasteiger partial charge in [0.25, 0.3) is 5.91 Å². The summed E-state index contributed by atoms with van der Waals surface area (Å²) >= 11 is 2.17. The maximum atomic E-state index is 13.8. The zero-order chi connectivity index (χ0) is 28.0. The second-order valence-electron chi connectivity index (χ2n) is 9.51. The summed E-state index contributed by atoms with van der Waals surface area (Å²) in [6.45, 7) is 1.72. The first-order valence-corrected chi connectivity index (χ1v) is 14.1. The number of carbonyl (C=O) groups excluding carboxylic acids is 3. The Morgan fingerprint density at radius 2 is 1.77 bits per heavy atom. The highest BCUT2D eigenvalue weighted by Crippen LogP contribution is 2.53. The van der Waals surface area contributed by atoms with Crippen molar-refractivity contribution < 1.29 is 23.5 Å². The van der Waals surface area contributed by atoms with Gasteiger partial charge in [0, 0.05) is 16.5 Å². The van der Waals surface area contributed by atoms with Crippen LogP contribution in [0.1, 0.15) is 21.9 Å². The molecule has 2 aliphatic heterocycles.